The molecule has 0 aliphatic heterocycles. The van der Waals surface area contributed by atoms with E-state index < -0.39 is 12.7 Å². The Morgan fingerprint density at radius 1 is 1.07 bits per heavy atom. The molecule has 0 aliphatic carbocycles. The lowest BCUT2D eigenvalue weighted by atomic mass is 10.2. The van der Waals surface area contributed by atoms with Crippen LogP contribution in [0.2, 0.25) is 0 Å². The zero-order valence-corrected chi connectivity index (χ0v) is 17.3. The van der Waals surface area contributed by atoms with Gasteiger partial charge < -0.3 is 15.4 Å². The van der Waals surface area contributed by atoms with E-state index in [2.05, 4.69) is 15.4 Å². The molecule has 2 amide bonds. The summed E-state index contributed by atoms with van der Waals surface area (Å²) in [5.41, 5.74) is 2.15. The van der Waals surface area contributed by atoms with Crippen LogP contribution in [0.15, 0.2) is 48.5 Å². The number of amides is 2. The van der Waals surface area contributed by atoms with Gasteiger partial charge in [-0.05, 0) is 62.7 Å². The van der Waals surface area contributed by atoms with E-state index in [0.29, 0.717) is 12.2 Å². The quantitative estimate of drug-likeness (QED) is 0.603. The second kappa shape index (κ2) is 11.3. The van der Waals surface area contributed by atoms with Crippen LogP contribution in [0.4, 0.5) is 20.2 Å². The molecule has 0 radical (unpaired) electrons. The van der Waals surface area contributed by atoms with Gasteiger partial charge in [-0.1, -0.05) is 25.1 Å². The number of para-hydroxylation sites is 1. The predicted molar refractivity (Wildman–Crippen MR) is 113 cm³/mol. The summed E-state index contributed by atoms with van der Waals surface area (Å²) in [4.78, 5) is 26.9. The average molecular weight is 419 g/mol. The predicted octanol–water partition coefficient (Wildman–Crippen LogP) is 4.27. The molecule has 8 heteroatoms. The summed E-state index contributed by atoms with van der Waals surface area (Å²) in [5.74, 6) is -0.489. The molecule has 30 heavy (non-hydrogen) atoms. The Labute approximate surface area is 175 Å². The number of aryl methyl sites for hydroxylation is 1. The van der Waals surface area contributed by atoms with Crippen molar-refractivity contribution in [1.82, 2.24) is 4.90 Å². The van der Waals surface area contributed by atoms with Gasteiger partial charge >= 0.3 is 6.61 Å². The Balaban J connectivity index is 1.97. The second-order valence-corrected chi connectivity index (χ2v) is 6.90. The van der Waals surface area contributed by atoms with Gasteiger partial charge in [-0.2, -0.15) is 8.78 Å². The van der Waals surface area contributed by atoms with Crippen LogP contribution < -0.4 is 15.4 Å². The summed E-state index contributed by atoms with van der Waals surface area (Å²) < 4.78 is 28.8. The first-order valence-electron chi connectivity index (χ1n) is 9.75. The normalized spacial score (nSPS) is 12.0. The largest absolute Gasteiger partial charge is 0.435 e. The summed E-state index contributed by atoms with van der Waals surface area (Å²) in [5, 5.41) is 5.61. The van der Waals surface area contributed by atoms with Crippen molar-refractivity contribution in [2.75, 3.05) is 23.7 Å². The van der Waals surface area contributed by atoms with E-state index in [-0.39, 0.29) is 24.1 Å². The van der Waals surface area contributed by atoms with E-state index in [1.165, 1.54) is 24.3 Å². The summed E-state index contributed by atoms with van der Waals surface area (Å²) in [7, 11) is 0. The molecule has 0 aromatic heterocycles. The first-order valence-corrected chi connectivity index (χ1v) is 9.75. The molecular weight excluding hydrogens is 392 g/mol. The van der Waals surface area contributed by atoms with Crippen molar-refractivity contribution in [3.8, 4) is 5.75 Å². The SMILES string of the molecule is CCCN(CC(=O)Nc1ccccc1C)C(C)C(=O)Nc1ccc(OC(F)F)cc1. The van der Waals surface area contributed by atoms with Crippen molar-refractivity contribution in [2.45, 2.75) is 39.8 Å². The number of benzene rings is 2. The molecule has 2 aromatic rings. The minimum atomic E-state index is -2.90. The molecule has 1 unspecified atom stereocenters. The van der Waals surface area contributed by atoms with E-state index in [4.69, 9.17) is 0 Å². The van der Waals surface area contributed by atoms with Gasteiger partial charge in [-0.15, -0.1) is 0 Å². The summed E-state index contributed by atoms with van der Waals surface area (Å²) >= 11 is 0. The van der Waals surface area contributed by atoms with Crippen LogP contribution in [0.5, 0.6) is 5.75 Å². The highest BCUT2D eigenvalue weighted by atomic mass is 19.3. The Hall–Kier alpha value is -3.00. The highest BCUT2D eigenvalue weighted by molar-refractivity contribution is 5.96. The monoisotopic (exact) mass is 419 g/mol. The average Bonchev–Trinajstić information content (AvgIpc) is 2.70. The van der Waals surface area contributed by atoms with E-state index in [1.54, 1.807) is 11.8 Å². The van der Waals surface area contributed by atoms with E-state index in [1.807, 2.05) is 38.1 Å². The first-order chi connectivity index (χ1) is 14.3. The van der Waals surface area contributed by atoms with Crippen LogP contribution in [0.25, 0.3) is 0 Å². The van der Waals surface area contributed by atoms with Crippen molar-refractivity contribution >= 4 is 23.2 Å². The van der Waals surface area contributed by atoms with Crippen LogP contribution in [0, 0.1) is 6.92 Å². The maximum atomic E-state index is 12.6. The fourth-order valence-corrected chi connectivity index (χ4v) is 2.92. The maximum Gasteiger partial charge on any atom is 0.387 e. The fourth-order valence-electron chi connectivity index (χ4n) is 2.92. The van der Waals surface area contributed by atoms with Gasteiger partial charge in [0.1, 0.15) is 5.75 Å². The third kappa shape index (κ3) is 7.11. The zero-order valence-electron chi connectivity index (χ0n) is 17.3. The van der Waals surface area contributed by atoms with Gasteiger partial charge in [0.05, 0.1) is 12.6 Å². The second-order valence-electron chi connectivity index (χ2n) is 6.90. The van der Waals surface area contributed by atoms with Crippen LogP contribution in [0.1, 0.15) is 25.8 Å². The number of hydrogen-bond donors (Lipinski definition) is 2. The third-order valence-electron chi connectivity index (χ3n) is 4.55. The third-order valence-corrected chi connectivity index (χ3v) is 4.55. The van der Waals surface area contributed by atoms with Crippen molar-refractivity contribution in [2.24, 2.45) is 0 Å². The van der Waals surface area contributed by atoms with E-state index in [9.17, 15) is 18.4 Å². The smallest absolute Gasteiger partial charge is 0.387 e. The molecule has 162 valence electrons. The highest BCUT2D eigenvalue weighted by Gasteiger charge is 2.23. The number of hydrogen-bond acceptors (Lipinski definition) is 4. The lowest BCUT2D eigenvalue weighted by Gasteiger charge is -2.27. The number of rotatable bonds is 10. The molecule has 0 spiro atoms. The first kappa shape index (κ1) is 23.3. The van der Waals surface area contributed by atoms with Gasteiger partial charge in [0.25, 0.3) is 0 Å². The molecule has 0 fully saturated rings. The number of alkyl halides is 2. The molecule has 2 rings (SSSR count). The molecule has 1 atom stereocenters. The summed E-state index contributed by atoms with van der Waals surface area (Å²) in [6.45, 7) is 3.33. The maximum absolute atomic E-state index is 12.6. The van der Waals surface area contributed by atoms with Crippen molar-refractivity contribution in [1.29, 1.82) is 0 Å². The van der Waals surface area contributed by atoms with Crippen LogP contribution in [-0.2, 0) is 9.59 Å². The Morgan fingerprint density at radius 3 is 2.33 bits per heavy atom. The minimum absolute atomic E-state index is 0.0107. The van der Waals surface area contributed by atoms with Crippen LogP contribution in [0.3, 0.4) is 0 Å². The standard InChI is InChI=1S/C22H27F2N3O3/c1-4-13-27(14-20(28)26-19-8-6-5-7-15(19)2)16(3)21(29)25-17-9-11-18(12-10-17)30-22(23)24/h5-12,16,22H,4,13-14H2,1-3H3,(H,25,29)(H,26,28). The lowest BCUT2D eigenvalue weighted by Crippen LogP contribution is -2.46. The van der Waals surface area contributed by atoms with Gasteiger partial charge in [0.2, 0.25) is 11.8 Å². The molecule has 2 N–H and O–H groups in total. The number of nitrogens with zero attached hydrogens (tertiary/aromatic N) is 1. The minimum Gasteiger partial charge on any atom is -0.435 e. The number of ether oxygens (including phenoxy) is 1. The molecule has 0 saturated carbocycles. The highest BCUT2D eigenvalue weighted by Crippen LogP contribution is 2.18. The number of anilines is 2. The zero-order chi connectivity index (χ0) is 22.1. The molecular formula is C22H27F2N3O3. The van der Waals surface area contributed by atoms with Gasteiger partial charge in [0.15, 0.2) is 0 Å². The Morgan fingerprint density at radius 2 is 1.73 bits per heavy atom. The van der Waals surface area contributed by atoms with Crippen LogP contribution in [-0.4, -0.2) is 42.5 Å². The topological polar surface area (TPSA) is 70.7 Å². The number of halogens is 2. The van der Waals surface area contributed by atoms with Gasteiger partial charge in [-0.25, -0.2) is 0 Å². The molecule has 0 saturated heterocycles. The number of carbonyl (C=O) groups is 2. The van der Waals surface area contributed by atoms with E-state index in [0.717, 1.165) is 17.7 Å². The summed E-state index contributed by atoms with van der Waals surface area (Å²) in [6.07, 6.45) is 0.773. The Kier molecular flexibility index (Phi) is 8.73. The molecule has 2 aromatic carbocycles. The fraction of sp³-hybridized carbons (Fsp3) is 0.364. The molecule has 0 aliphatic rings. The van der Waals surface area contributed by atoms with Gasteiger partial charge in [0, 0.05) is 11.4 Å². The number of carbonyl (C=O) groups excluding carboxylic acids is 2. The lowest BCUT2D eigenvalue weighted by molar-refractivity contribution is -0.123. The molecule has 6 nitrogen and oxygen atoms in total. The van der Waals surface area contributed by atoms with E-state index >= 15 is 0 Å². The Bertz CT molecular complexity index is 844. The summed E-state index contributed by atoms with van der Waals surface area (Å²) in [6, 6.07) is 12.6. The van der Waals surface area contributed by atoms with Crippen molar-refractivity contribution in [3.05, 3.63) is 54.1 Å². The molecule has 0 heterocycles. The number of nitrogens with one attached hydrogen (secondary N) is 2. The molecule has 0 bridgehead atoms. The van der Waals surface area contributed by atoms with Crippen molar-refractivity contribution in [3.63, 3.8) is 0 Å². The van der Waals surface area contributed by atoms with Crippen molar-refractivity contribution < 1.29 is 23.1 Å². The van der Waals surface area contributed by atoms with Crippen LogP contribution >= 0.6 is 0 Å². The van der Waals surface area contributed by atoms with Gasteiger partial charge in [-0.3, -0.25) is 14.5 Å².